The number of carbonyl (C=O) groups is 1. The lowest BCUT2D eigenvalue weighted by molar-refractivity contribution is -0.138. The maximum Gasteiger partial charge on any atom is 0.320 e. The minimum Gasteiger partial charge on any atom is -0.480 e. The summed E-state index contributed by atoms with van der Waals surface area (Å²) in [7, 11) is -3.86. The first-order valence-corrected chi connectivity index (χ1v) is 7.18. The number of carboxylic acid groups (broad SMARTS) is 1. The molecular formula is C9H19N3O5S. The van der Waals surface area contributed by atoms with E-state index >= 15 is 0 Å². The molecular weight excluding hydrogens is 262 g/mol. The summed E-state index contributed by atoms with van der Waals surface area (Å²) in [4.78, 5) is 10.6. The Balaban J connectivity index is 2.64. The average molecular weight is 281 g/mol. The standard InChI is InChI=1S/C9H19N3O5S/c10-8(9(13)14)1-4-12(18(11,15)16)7-2-5-17-6-3-7/h7-8H,1-6,10H2,(H,13,14)(H2,11,15,16). The zero-order valence-electron chi connectivity index (χ0n) is 9.99. The van der Waals surface area contributed by atoms with Crippen molar-refractivity contribution in [1.29, 1.82) is 0 Å². The van der Waals surface area contributed by atoms with Gasteiger partial charge in [0.15, 0.2) is 0 Å². The highest BCUT2D eigenvalue weighted by molar-refractivity contribution is 7.86. The average Bonchev–Trinajstić information content (AvgIpc) is 2.28. The molecule has 5 N–H and O–H groups in total. The predicted octanol–water partition coefficient (Wildman–Crippen LogP) is -1.53. The third-order valence-electron chi connectivity index (χ3n) is 2.90. The normalized spacial score (nSPS) is 19.9. The molecule has 1 fully saturated rings. The van der Waals surface area contributed by atoms with Gasteiger partial charge in [-0.25, -0.2) is 5.14 Å². The van der Waals surface area contributed by atoms with Gasteiger partial charge in [-0.3, -0.25) is 4.79 Å². The summed E-state index contributed by atoms with van der Waals surface area (Å²) < 4.78 is 29.2. The Morgan fingerprint density at radius 2 is 2.00 bits per heavy atom. The second-order valence-electron chi connectivity index (χ2n) is 4.23. The monoisotopic (exact) mass is 281 g/mol. The molecule has 9 heteroatoms. The Bertz CT molecular complexity index is 380. The lowest BCUT2D eigenvalue weighted by Gasteiger charge is -2.32. The fourth-order valence-corrected chi connectivity index (χ4v) is 2.87. The van der Waals surface area contributed by atoms with Crippen LogP contribution in [-0.2, 0) is 19.7 Å². The van der Waals surface area contributed by atoms with Gasteiger partial charge in [-0.1, -0.05) is 0 Å². The van der Waals surface area contributed by atoms with Crippen molar-refractivity contribution < 1.29 is 23.1 Å². The lowest BCUT2D eigenvalue weighted by atomic mass is 10.1. The third-order valence-corrected chi connectivity index (χ3v) is 4.04. The van der Waals surface area contributed by atoms with E-state index in [-0.39, 0.29) is 19.0 Å². The quantitative estimate of drug-likeness (QED) is 0.540. The first-order valence-electron chi connectivity index (χ1n) is 5.68. The van der Waals surface area contributed by atoms with Crippen molar-refractivity contribution in [2.75, 3.05) is 19.8 Å². The van der Waals surface area contributed by atoms with E-state index in [0.29, 0.717) is 26.1 Å². The molecule has 1 rings (SSSR count). The van der Waals surface area contributed by atoms with Crippen LogP contribution in [0.15, 0.2) is 0 Å². The fourth-order valence-electron chi connectivity index (χ4n) is 1.88. The highest BCUT2D eigenvalue weighted by Crippen LogP contribution is 2.17. The SMILES string of the molecule is NC(CCN(C1CCOCC1)S(N)(=O)=O)C(=O)O. The molecule has 8 nitrogen and oxygen atoms in total. The van der Waals surface area contributed by atoms with Crippen LogP contribution in [0.5, 0.6) is 0 Å². The van der Waals surface area contributed by atoms with Crippen molar-refractivity contribution in [3.05, 3.63) is 0 Å². The van der Waals surface area contributed by atoms with Crippen LogP contribution in [0.25, 0.3) is 0 Å². The molecule has 1 saturated heterocycles. The smallest absolute Gasteiger partial charge is 0.320 e. The molecule has 18 heavy (non-hydrogen) atoms. The Hall–Kier alpha value is -0.740. The molecule has 0 amide bonds. The molecule has 1 aliphatic rings. The van der Waals surface area contributed by atoms with Gasteiger partial charge in [-0.2, -0.15) is 12.7 Å². The summed E-state index contributed by atoms with van der Waals surface area (Å²) in [6.07, 6.45) is 1.14. The maximum absolute atomic E-state index is 11.5. The van der Waals surface area contributed by atoms with Crippen LogP contribution in [0.2, 0.25) is 0 Å². The minimum atomic E-state index is -3.86. The number of hydrogen-bond donors (Lipinski definition) is 3. The zero-order valence-corrected chi connectivity index (χ0v) is 10.8. The van der Waals surface area contributed by atoms with Crippen LogP contribution in [-0.4, -0.2) is 55.6 Å². The van der Waals surface area contributed by atoms with Gasteiger partial charge in [0.1, 0.15) is 6.04 Å². The van der Waals surface area contributed by atoms with Crippen LogP contribution in [0.4, 0.5) is 0 Å². The van der Waals surface area contributed by atoms with Crippen LogP contribution in [0.3, 0.4) is 0 Å². The van der Waals surface area contributed by atoms with E-state index in [1.165, 1.54) is 0 Å². The summed E-state index contributed by atoms with van der Waals surface area (Å²) in [6, 6.07) is -1.33. The molecule has 0 spiro atoms. The number of carboxylic acids is 1. The summed E-state index contributed by atoms with van der Waals surface area (Å²) in [6.45, 7) is 0.959. The Morgan fingerprint density at radius 3 is 2.44 bits per heavy atom. The van der Waals surface area contributed by atoms with E-state index in [9.17, 15) is 13.2 Å². The number of nitrogens with two attached hydrogens (primary N) is 2. The third kappa shape index (κ3) is 4.50. The van der Waals surface area contributed by atoms with E-state index in [2.05, 4.69) is 0 Å². The molecule has 1 atom stereocenters. The van der Waals surface area contributed by atoms with Crippen LogP contribution in [0.1, 0.15) is 19.3 Å². The first kappa shape index (κ1) is 15.3. The number of nitrogens with zero attached hydrogens (tertiary/aromatic N) is 1. The van der Waals surface area contributed by atoms with Gasteiger partial charge in [0.05, 0.1) is 0 Å². The summed E-state index contributed by atoms with van der Waals surface area (Å²) in [5, 5.41) is 13.8. The highest BCUT2D eigenvalue weighted by atomic mass is 32.2. The largest absolute Gasteiger partial charge is 0.480 e. The molecule has 1 aliphatic heterocycles. The molecule has 0 radical (unpaired) electrons. The molecule has 0 aromatic rings. The van der Waals surface area contributed by atoms with Gasteiger partial charge >= 0.3 is 5.97 Å². The van der Waals surface area contributed by atoms with E-state index in [4.69, 9.17) is 20.7 Å². The zero-order chi connectivity index (χ0) is 13.8. The maximum atomic E-state index is 11.5. The van der Waals surface area contributed by atoms with Crippen molar-refractivity contribution in [2.45, 2.75) is 31.3 Å². The lowest BCUT2D eigenvalue weighted by Crippen LogP contribution is -2.48. The molecule has 106 valence electrons. The van der Waals surface area contributed by atoms with E-state index in [1.807, 2.05) is 0 Å². The molecule has 0 aliphatic carbocycles. The van der Waals surface area contributed by atoms with E-state index < -0.39 is 22.2 Å². The predicted molar refractivity (Wildman–Crippen MR) is 63.9 cm³/mol. The highest BCUT2D eigenvalue weighted by Gasteiger charge is 2.29. The summed E-state index contributed by atoms with van der Waals surface area (Å²) in [5.74, 6) is -1.16. The summed E-state index contributed by atoms with van der Waals surface area (Å²) in [5.41, 5.74) is 5.35. The molecule has 0 aromatic carbocycles. The van der Waals surface area contributed by atoms with Crippen molar-refractivity contribution in [2.24, 2.45) is 10.9 Å². The number of hydrogen-bond acceptors (Lipinski definition) is 5. The Morgan fingerprint density at radius 1 is 1.44 bits per heavy atom. The van der Waals surface area contributed by atoms with Gasteiger partial charge in [0.25, 0.3) is 10.2 Å². The van der Waals surface area contributed by atoms with Gasteiger partial charge in [0, 0.05) is 25.8 Å². The second-order valence-corrected chi connectivity index (χ2v) is 5.73. The number of rotatable bonds is 6. The molecule has 0 saturated carbocycles. The van der Waals surface area contributed by atoms with Gasteiger partial charge in [-0.05, 0) is 19.3 Å². The van der Waals surface area contributed by atoms with Gasteiger partial charge in [0.2, 0.25) is 0 Å². The van der Waals surface area contributed by atoms with Crippen molar-refractivity contribution in [3.8, 4) is 0 Å². The van der Waals surface area contributed by atoms with Gasteiger partial charge < -0.3 is 15.6 Å². The second kappa shape index (κ2) is 6.43. The fraction of sp³-hybridized carbons (Fsp3) is 0.889. The number of aliphatic carboxylic acids is 1. The van der Waals surface area contributed by atoms with E-state index in [0.717, 1.165) is 4.31 Å². The van der Waals surface area contributed by atoms with Crippen LogP contribution < -0.4 is 10.9 Å². The van der Waals surface area contributed by atoms with Crippen molar-refractivity contribution in [3.63, 3.8) is 0 Å². The van der Waals surface area contributed by atoms with E-state index in [1.54, 1.807) is 0 Å². The molecule has 1 heterocycles. The van der Waals surface area contributed by atoms with Crippen molar-refractivity contribution in [1.82, 2.24) is 4.31 Å². The first-order chi connectivity index (χ1) is 8.32. The van der Waals surface area contributed by atoms with Crippen molar-refractivity contribution >= 4 is 16.2 Å². The minimum absolute atomic E-state index is 0.0109. The summed E-state index contributed by atoms with van der Waals surface area (Å²) >= 11 is 0. The van der Waals surface area contributed by atoms with Crippen LogP contribution >= 0.6 is 0 Å². The van der Waals surface area contributed by atoms with Crippen LogP contribution in [0, 0.1) is 0 Å². The Labute approximate surface area is 106 Å². The number of ether oxygens (including phenoxy) is 1. The Kier molecular flexibility index (Phi) is 5.47. The topological polar surface area (TPSA) is 136 Å². The molecule has 1 unspecified atom stereocenters. The molecule has 0 aromatic heterocycles. The van der Waals surface area contributed by atoms with Gasteiger partial charge in [-0.15, -0.1) is 0 Å². The molecule has 0 bridgehead atoms.